The number of carbonyl (C=O) groups is 1. The van der Waals surface area contributed by atoms with Crippen molar-refractivity contribution in [2.75, 3.05) is 11.5 Å². The molecule has 1 fully saturated rings. The molecule has 18 heavy (non-hydrogen) atoms. The third kappa shape index (κ3) is 2.96. The van der Waals surface area contributed by atoms with Gasteiger partial charge in [-0.2, -0.15) is 0 Å². The average molecular weight is 270 g/mol. The molecule has 5 heteroatoms. The molecular weight excluding hydrogens is 255 g/mol. The smallest absolute Gasteiger partial charge is 0.163 e. The third-order valence-electron chi connectivity index (χ3n) is 3.29. The van der Waals surface area contributed by atoms with Gasteiger partial charge in [0.25, 0.3) is 0 Å². The Labute approximate surface area is 106 Å². The number of halogens is 1. The summed E-state index contributed by atoms with van der Waals surface area (Å²) >= 11 is 0. The van der Waals surface area contributed by atoms with Crippen LogP contribution in [0.15, 0.2) is 18.2 Å². The highest BCUT2D eigenvalue weighted by Gasteiger charge is 2.29. The molecule has 0 amide bonds. The minimum absolute atomic E-state index is 0.0908. The van der Waals surface area contributed by atoms with Crippen molar-refractivity contribution in [1.82, 2.24) is 0 Å². The average Bonchev–Trinajstić information content (AvgIpc) is 2.57. The van der Waals surface area contributed by atoms with Gasteiger partial charge in [-0.3, -0.25) is 4.79 Å². The van der Waals surface area contributed by atoms with E-state index >= 15 is 0 Å². The predicted molar refractivity (Wildman–Crippen MR) is 66.8 cm³/mol. The molecule has 1 unspecified atom stereocenters. The molecule has 1 atom stereocenters. The maximum Gasteiger partial charge on any atom is 0.163 e. The van der Waals surface area contributed by atoms with Crippen molar-refractivity contribution in [1.29, 1.82) is 0 Å². The van der Waals surface area contributed by atoms with Gasteiger partial charge in [-0.15, -0.1) is 0 Å². The number of Topliss-reactive ketones (excluding diaryl/α,β-unsaturated/α-hetero) is 1. The summed E-state index contributed by atoms with van der Waals surface area (Å²) in [7, 11) is -2.95. The molecule has 0 saturated carbocycles. The topological polar surface area (TPSA) is 51.2 Å². The minimum Gasteiger partial charge on any atom is -0.294 e. The second-order valence-corrected chi connectivity index (χ2v) is 7.08. The molecule has 2 rings (SSSR count). The Morgan fingerprint density at radius 1 is 1.44 bits per heavy atom. The van der Waals surface area contributed by atoms with Gasteiger partial charge in [0.15, 0.2) is 15.6 Å². The highest BCUT2D eigenvalue weighted by molar-refractivity contribution is 7.91. The number of rotatable bonds is 3. The fourth-order valence-electron chi connectivity index (χ4n) is 2.35. The van der Waals surface area contributed by atoms with Crippen molar-refractivity contribution < 1.29 is 17.6 Å². The molecule has 1 aromatic carbocycles. The molecule has 1 aromatic rings. The van der Waals surface area contributed by atoms with Gasteiger partial charge in [0, 0.05) is 12.0 Å². The Hall–Kier alpha value is -1.23. The van der Waals surface area contributed by atoms with Crippen LogP contribution in [0.5, 0.6) is 0 Å². The third-order valence-corrected chi connectivity index (χ3v) is 5.13. The monoisotopic (exact) mass is 270 g/mol. The summed E-state index contributed by atoms with van der Waals surface area (Å²) < 4.78 is 35.5. The lowest BCUT2D eigenvalue weighted by molar-refractivity contribution is 0.0965. The number of carbonyl (C=O) groups excluding carboxylic acids is 1. The molecule has 1 aliphatic heterocycles. The van der Waals surface area contributed by atoms with Gasteiger partial charge in [0.05, 0.1) is 11.5 Å². The first-order valence-electron chi connectivity index (χ1n) is 5.87. The van der Waals surface area contributed by atoms with Crippen molar-refractivity contribution >= 4 is 15.6 Å². The molecule has 0 radical (unpaired) electrons. The molecule has 0 N–H and O–H groups in total. The lowest BCUT2D eigenvalue weighted by Crippen LogP contribution is -2.11. The predicted octanol–water partition coefficient (Wildman–Crippen LogP) is 2.14. The van der Waals surface area contributed by atoms with Crippen molar-refractivity contribution in [3.05, 3.63) is 35.1 Å². The van der Waals surface area contributed by atoms with Crippen LogP contribution in [0.4, 0.5) is 4.39 Å². The number of hydrogen-bond donors (Lipinski definition) is 0. The van der Waals surface area contributed by atoms with E-state index in [0.29, 0.717) is 17.5 Å². The van der Waals surface area contributed by atoms with E-state index in [-0.39, 0.29) is 35.4 Å². The zero-order chi connectivity index (χ0) is 13.3. The van der Waals surface area contributed by atoms with E-state index in [4.69, 9.17) is 0 Å². The molecule has 1 saturated heterocycles. The van der Waals surface area contributed by atoms with Crippen LogP contribution in [0.3, 0.4) is 0 Å². The Balaban J connectivity index is 2.09. The van der Waals surface area contributed by atoms with Gasteiger partial charge in [-0.05, 0) is 43.0 Å². The van der Waals surface area contributed by atoms with E-state index < -0.39 is 9.84 Å². The quantitative estimate of drug-likeness (QED) is 0.791. The van der Waals surface area contributed by atoms with E-state index in [2.05, 4.69) is 0 Å². The van der Waals surface area contributed by atoms with Crippen LogP contribution in [0.1, 0.15) is 28.8 Å². The Bertz CT molecular complexity index is 578. The normalized spacial score (nSPS) is 22.0. The highest BCUT2D eigenvalue weighted by Crippen LogP contribution is 2.24. The van der Waals surface area contributed by atoms with Crippen molar-refractivity contribution in [3.8, 4) is 0 Å². The van der Waals surface area contributed by atoms with Crippen LogP contribution >= 0.6 is 0 Å². The van der Waals surface area contributed by atoms with E-state index in [0.717, 1.165) is 0 Å². The number of sulfone groups is 1. The van der Waals surface area contributed by atoms with Crippen LogP contribution in [-0.2, 0) is 9.84 Å². The van der Waals surface area contributed by atoms with Gasteiger partial charge in [-0.25, -0.2) is 12.8 Å². The molecular formula is C13H15FO3S. The summed E-state index contributed by atoms with van der Waals surface area (Å²) in [5.74, 6) is -0.291. The van der Waals surface area contributed by atoms with Crippen LogP contribution in [0, 0.1) is 18.7 Å². The van der Waals surface area contributed by atoms with E-state index in [1.165, 1.54) is 18.2 Å². The van der Waals surface area contributed by atoms with E-state index in [9.17, 15) is 17.6 Å². The molecule has 1 heterocycles. The first-order chi connectivity index (χ1) is 8.37. The second kappa shape index (κ2) is 4.80. The summed E-state index contributed by atoms with van der Waals surface area (Å²) in [6.07, 6.45) is 0.778. The molecule has 0 bridgehead atoms. The Kier molecular flexibility index (Phi) is 3.52. The zero-order valence-corrected chi connectivity index (χ0v) is 11.0. The van der Waals surface area contributed by atoms with Crippen LogP contribution in [-0.4, -0.2) is 25.7 Å². The number of ketones is 1. The standard InChI is InChI=1S/C13H15FO3S/c1-9-6-11(14)2-3-12(9)13(15)7-10-4-5-18(16,17)8-10/h2-3,6,10H,4-5,7-8H2,1H3. The fraction of sp³-hybridized carbons (Fsp3) is 0.462. The highest BCUT2D eigenvalue weighted by atomic mass is 32.2. The molecule has 1 aliphatic rings. The Morgan fingerprint density at radius 3 is 2.72 bits per heavy atom. The summed E-state index contributed by atoms with van der Waals surface area (Å²) in [4.78, 5) is 12.0. The number of hydrogen-bond acceptors (Lipinski definition) is 3. The first kappa shape index (κ1) is 13.2. The molecule has 3 nitrogen and oxygen atoms in total. The van der Waals surface area contributed by atoms with E-state index in [1.54, 1.807) is 6.92 Å². The largest absolute Gasteiger partial charge is 0.294 e. The molecule has 0 aromatic heterocycles. The maximum atomic E-state index is 12.9. The lowest BCUT2D eigenvalue weighted by atomic mass is 9.95. The summed E-state index contributed by atoms with van der Waals surface area (Å²) in [5, 5.41) is 0. The number of benzene rings is 1. The van der Waals surface area contributed by atoms with Gasteiger partial charge in [0.1, 0.15) is 5.82 Å². The molecule has 0 aliphatic carbocycles. The van der Waals surface area contributed by atoms with Crippen molar-refractivity contribution in [3.63, 3.8) is 0 Å². The van der Waals surface area contributed by atoms with Crippen LogP contribution in [0.25, 0.3) is 0 Å². The summed E-state index contributed by atoms with van der Waals surface area (Å²) in [6, 6.07) is 4.04. The minimum atomic E-state index is -2.95. The summed E-state index contributed by atoms with van der Waals surface area (Å²) in [5.41, 5.74) is 1.08. The van der Waals surface area contributed by atoms with E-state index in [1.807, 2.05) is 0 Å². The first-order valence-corrected chi connectivity index (χ1v) is 7.69. The van der Waals surface area contributed by atoms with Gasteiger partial charge in [-0.1, -0.05) is 0 Å². The van der Waals surface area contributed by atoms with Crippen LogP contribution < -0.4 is 0 Å². The fourth-order valence-corrected chi connectivity index (χ4v) is 4.21. The SMILES string of the molecule is Cc1cc(F)ccc1C(=O)CC1CCS(=O)(=O)C1. The number of aryl methyl sites for hydroxylation is 1. The lowest BCUT2D eigenvalue weighted by Gasteiger charge is -2.08. The van der Waals surface area contributed by atoms with Gasteiger partial charge in [0.2, 0.25) is 0 Å². The molecule has 0 spiro atoms. The molecule has 98 valence electrons. The second-order valence-electron chi connectivity index (χ2n) is 4.86. The Morgan fingerprint density at radius 2 is 2.17 bits per heavy atom. The van der Waals surface area contributed by atoms with Crippen molar-refractivity contribution in [2.24, 2.45) is 5.92 Å². The van der Waals surface area contributed by atoms with Crippen molar-refractivity contribution in [2.45, 2.75) is 19.8 Å². The van der Waals surface area contributed by atoms with Gasteiger partial charge >= 0.3 is 0 Å². The maximum absolute atomic E-state index is 12.9. The summed E-state index contributed by atoms with van der Waals surface area (Å²) in [6.45, 7) is 1.68. The van der Waals surface area contributed by atoms with Gasteiger partial charge < -0.3 is 0 Å². The zero-order valence-electron chi connectivity index (χ0n) is 10.1. The van der Waals surface area contributed by atoms with Crippen LogP contribution in [0.2, 0.25) is 0 Å².